The van der Waals surface area contributed by atoms with Gasteiger partial charge in [-0.15, -0.1) is 0 Å². The van der Waals surface area contributed by atoms with Crippen LogP contribution in [0.2, 0.25) is 0 Å². The van der Waals surface area contributed by atoms with Crippen molar-refractivity contribution in [2.75, 3.05) is 16.4 Å². The average molecular weight is 437 g/mol. The van der Waals surface area contributed by atoms with Gasteiger partial charge in [-0.25, -0.2) is 0 Å². The number of nitrogens with two attached hydrogens (primary N) is 1. The highest BCUT2D eigenvalue weighted by atomic mass is 16.5. The number of hydrogen-bond donors (Lipinski definition) is 3. The van der Waals surface area contributed by atoms with Crippen molar-refractivity contribution in [3.63, 3.8) is 0 Å². The molecule has 6 nitrogen and oxygen atoms in total. The summed E-state index contributed by atoms with van der Waals surface area (Å²) in [6.45, 7) is 2.02. The standard InChI is InChI=1S/C27H23N3O3/c1-18-8-12-24(13-9-18)33-25-14-10-22(11-15-25)29-27(32)20-5-3-7-23(17-20)30-26(31)19-4-2-6-21(28)16-19/h2-17H,28H2,1H3,(H,29,32)(H,30,31). The Balaban J connectivity index is 1.39. The summed E-state index contributed by atoms with van der Waals surface area (Å²) in [7, 11) is 0. The minimum atomic E-state index is -0.302. The van der Waals surface area contributed by atoms with Crippen LogP contribution in [0.15, 0.2) is 97.1 Å². The predicted octanol–water partition coefficient (Wildman–Crippen LogP) is 5.87. The van der Waals surface area contributed by atoms with Gasteiger partial charge in [0.05, 0.1) is 0 Å². The fourth-order valence-electron chi connectivity index (χ4n) is 3.17. The quantitative estimate of drug-likeness (QED) is 0.329. The molecule has 0 aromatic heterocycles. The van der Waals surface area contributed by atoms with E-state index in [0.717, 1.165) is 11.3 Å². The number of nitrogens with one attached hydrogen (secondary N) is 2. The molecule has 0 radical (unpaired) electrons. The number of carbonyl (C=O) groups excluding carboxylic acids is 2. The first-order valence-electron chi connectivity index (χ1n) is 10.4. The number of hydrogen-bond acceptors (Lipinski definition) is 4. The van der Waals surface area contributed by atoms with Crippen LogP contribution in [0.25, 0.3) is 0 Å². The van der Waals surface area contributed by atoms with E-state index in [-0.39, 0.29) is 11.8 Å². The van der Waals surface area contributed by atoms with Gasteiger partial charge >= 0.3 is 0 Å². The number of aryl methyl sites for hydroxylation is 1. The van der Waals surface area contributed by atoms with Crippen molar-refractivity contribution in [3.8, 4) is 11.5 Å². The van der Waals surface area contributed by atoms with Crippen molar-refractivity contribution >= 4 is 28.9 Å². The zero-order valence-corrected chi connectivity index (χ0v) is 18.0. The maximum absolute atomic E-state index is 12.7. The number of carbonyl (C=O) groups is 2. The average Bonchev–Trinajstić information content (AvgIpc) is 2.82. The Bertz CT molecular complexity index is 1280. The van der Waals surface area contributed by atoms with Crippen molar-refractivity contribution in [2.45, 2.75) is 6.92 Å². The topological polar surface area (TPSA) is 93.5 Å². The van der Waals surface area contributed by atoms with Crippen LogP contribution in [0.4, 0.5) is 17.1 Å². The molecule has 4 N–H and O–H groups in total. The summed E-state index contributed by atoms with van der Waals surface area (Å²) in [4.78, 5) is 25.1. The molecule has 0 saturated heterocycles. The molecule has 0 aliphatic heterocycles. The third-order valence-corrected chi connectivity index (χ3v) is 4.90. The zero-order chi connectivity index (χ0) is 23.2. The monoisotopic (exact) mass is 437 g/mol. The number of nitrogen functional groups attached to an aromatic ring is 1. The summed E-state index contributed by atoms with van der Waals surface area (Å²) in [5.74, 6) is 0.823. The lowest BCUT2D eigenvalue weighted by atomic mass is 10.1. The minimum absolute atomic E-state index is 0.290. The van der Waals surface area contributed by atoms with E-state index in [9.17, 15) is 9.59 Å². The maximum Gasteiger partial charge on any atom is 0.255 e. The summed E-state index contributed by atoms with van der Waals surface area (Å²) < 4.78 is 5.81. The lowest BCUT2D eigenvalue weighted by molar-refractivity contribution is 0.101. The Morgan fingerprint density at radius 2 is 1.21 bits per heavy atom. The molecular formula is C27H23N3O3. The first-order valence-corrected chi connectivity index (χ1v) is 10.4. The first kappa shape index (κ1) is 21.6. The van der Waals surface area contributed by atoms with E-state index in [1.54, 1.807) is 72.8 Å². The minimum Gasteiger partial charge on any atom is -0.457 e. The maximum atomic E-state index is 12.7. The molecule has 33 heavy (non-hydrogen) atoms. The van der Waals surface area contributed by atoms with Crippen LogP contribution in [-0.2, 0) is 0 Å². The van der Waals surface area contributed by atoms with E-state index in [0.29, 0.717) is 33.9 Å². The molecule has 0 saturated carbocycles. The first-order chi connectivity index (χ1) is 16.0. The van der Waals surface area contributed by atoms with Crippen LogP contribution in [0.3, 0.4) is 0 Å². The Morgan fingerprint density at radius 3 is 1.85 bits per heavy atom. The zero-order valence-electron chi connectivity index (χ0n) is 18.0. The van der Waals surface area contributed by atoms with E-state index in [2.05, 4.69) is 10.6 Å². The van der Waals surface area contributed by atoms with Crippen molar-refractivity contribution < 1.29 is 14.3 Å². The molecule has 164 valence electrons. The molecule has 0 heterocycles. The molecule has 0 aliphatic carbocycles. The molecular weight excluding hydrogens is 414 g/mol. The highest BCUT2D eigenvalue weighted by molar-refractivity contribution is 6.07. The van der Waals surface area contributed by atoms with Crippen LogP contribution in [0, 0.1) is 6.92 Å². The molecule has 0 bridgehead atoms. The molecule has 0 atom stereocenters. The fourth-order valence-corrected chi connectivity index (χ4v) is 3.17. The van der Waals surface area contributed by atoms with E-state index in [1.165, 1.54) is 0 Å². The lowest BCUT2D eigenvalue weighted by Crippen LogP contribution is -2.14. The van der Waals surface area contributed by atoms with E-state index in [1.807, 2.05) is 31.2 Å². The number of amides is 2. The van der Waals surface area contributed by atoms with Gasteiger partial charge in [-0.1, -0.05) is 29.8 Å². The molecule has 4 rings (SSSR count). The van der Waals surface area contributed by atoms with Gasteiger partial charge in [0, 0.05) is 28.2 Å². The summed E-state index contributed by atoms with van der Waals surface area (Å²) in [5, 5.41) is 5.64. The number of ether oxygens (including phenoxy) is 1. The molecule has 6 heteroatoms. The summed E-state index contributed by atoms with van der Waals surface area (Å²) in [6, 6.07) is 28.3. The van der Waals surface area contributed by atoms with Gasteiger partial charge in [0.1, 0.15) is 11.5 Å². The number of anilines is 3. The second-order valence-corrected chi connectivity index (χ2v) is 7.55. The van der Waals surface area contributed by atoms with Gasteiger partial charge in [-0.2, -0.15) is 0 Å². The fraction of sp³-hybridized carbons (Fsp3) is 0.0370. The normalized spacial score (nSPS) is 10.3. The van der Waals surface area contributed by atoms with Crippen LogP contribution in [-0.4, -0.2) is 11.8 Å². The molecule has 0 unspecified atom stereocenters. The summed E-state index contributed by atoms with van der Waals surface area (Å²) in [5.41, 5.74) is 9.41. The Kier molecular flexibility index (Phi) is 6.36. The van der Waals surface area contributed by atoms with E-state index in [4.69, 9.17) is 10.5 Å². The van der Waals surface area contributed by atoms with Crippen LogP contribution in [0.1, 0.15) is 26.3 Å². The van der Waals surface area contributed by atoms with E-state index < -0.39 is 0 Å². The summed E-state index contributed by atoms with van der Waals surface area (Å²) in [6.07, 6.45) is 0. The molecule has 2 amide bonds. The Labute approximate surface area is 192 Å². The smallest absolute Gasteiger partial charge is 0.255 e. The van der Waals surface area contributed by atoms with Crippen molar-refractivity contribution in [3.05, 3.63) is 114 Å². The molecule has 0 aliphatic rings. The van der Waals surface area contributed by atoms with Gasteiger partial charge < -0.3 is 21.1 Å². The van der Waals surface area contributed by atoms with Gasteiger partial charge in [0.15, 0.2) is 0 Å². The molecule has 4 aromatic carbocycles. The largest absolute Gasteiger partial charge is 0.457 e. The highest BCUT2D eigenvalue weighted by Crippen LogP contribution is 2.24. The predicted molar refractivity (Wildman–Crippen MR) is 131 cm³/mol. The van der Waals surface area contributed by atoms with Gasteiger partial charge in [-0.05, 0) is 79.7 Å². The number of benzene rings is 4. The van der Waals surface area contributed by atoms with Gasteiger partial charge in [-0.3, -0.25) is 9.59 Å². The van der Waals surface area contributed by atoms with Crippen molar-refractivity contribution in [2.24, 2.45) is 0 Å². The Morgan fingerprint density at radius 1 is 0.667 bits per heavy atom. The third-order valence-electron chi connectivity index (χ3n) is 4.90. The van der Waals surface area contributed by atoms with E-state index >= 15 is 0 Å². The molecule has 4 aromatic rings. The second-order valence-electron chi connectivity index (χ2n) is 7.55. The lowest BCUT2D eigenvalue weighted by Gasteiger charge is -2.10. The van der Waals surface area contributed by atoms with Crippen molar-refractivity contribution in [1.29, 1.82) is 0 Å². The highest BCUT2D eigenvalue weighted by Gasteiger charge is 2.10. The van der Waals surface area contributed by atoms with Gasteiger partial charge in [0.2, 0.25) is 0 Å². The Hall–Kier alpha value is -4.58. The second kappa shape index (κ2) is 9.70. The molecule has 0 spiro atoms. The van der Waals surface area contributed by atoms with Crippen LogP contribution >= 0.6 is 0 Å². The number of rotatable bonds is 6. The van der Waals surface area contributed by atoms with Gasteiger partial charge in [0.25, 0.3) is 11.8 Å². The molecule has 0 fully saturated rings. The SMILES string of the molecule is Cc1ccc(Oc2ccc(NC(=O)c3cccc(NC(=O)c4cccc(N)c4)c3)cc2)cc1. The van der Waals surface area contributed by atoms with Crippen LogP contribution in [0.5, 0.6) is 11.5 Å². The third kappa shape index (κ3) is 5.77. The van der Waals surface area contributed by atoms with Crippen LogP contribution < -0.4 is 21.1 Å². The van der Waals surface area contributed by atoms with Crippen molar-refractivity contribution in [1.82, 2.24) is 0 Å². The summed E-state index contributed by atoms with van der Waals surface area (Å²) >= 11 is 0.